The molecule has 0 spiro atoms. The Labute approximate surface area is 126 Å². The molecule has 110 valence electrons. The molecule has 0 aromatic heterocycles. The van der Waals surface area contributed by atoms with Gasteiger partial charge >= 0.3 is 5.97 Å². The summed E-state index contributed by atoms with van der Waals surface area (Å²) >= 11 is 3.40. The first kappa shape index (κ1) is 16.5. The van der Waals surface area contributed by atoms with Crippen LogP contribution in [-0.4, -0.2) is 30.1 Å². The largest absolute Gasteiger partial charge is 0.496 e. The van der Waals surface area contributed by atoms with Crippen molar-refractivity contribution < 1.29 is 19.4 Å². The molecule has 0 aliphatic carbocycles. The summed E-state index contributed by atoms with van der Waals surface area (Å²) in [6.45, 7) is 1.43. The van der Waals surface area contributed by atoms with Crippen molar-refractivity contribution in [2.24, 2.45) is 0 Å². The number of aliphatic carboxylic acids is 1. The van der Waals surface area contributed by atoms with Crippen LogP contribution in [0.3, 0.4) is 0 Å². The molecule has 0 bridgehead atoms. The van der Waals surface area contributed by atoms with E-state index in [9.17, 15) is 9.59 Å². The second-order valence-corrected chi connectivity index (χ2v) is 5.36. The van der Waals surface area contributed by atoms with Gasteiger partial charge in [0.25, 0.3) is 0 Å². The molecule has 1 aromatic rings. The van der Waals surface area contributed by atoms with Crippen molar-refractivity contribution in [3.05, 3.63) is 28.2 Å². The summed E-state index contributed by atoms with van der Waals surface area (Å²) in [6.07, 6.45) is 1.01. The molecule has 1 atom stereocenters. The molecule has 1 aromatic carbocycles. The fourth-order valence-corrected chi connectivity index (χ4v) is 2.52. The maximum Gasteiger partial charge on any atom is 0.303 e. The zero-order valence-corrected chi connectivity index (χ0v) is 13.1. The van der Waals surface area contributed by atoms with Gasteiger partial charge in [0.05, 0.1) is 11.6 Å². The molecular weight excluding hydrogens is 326 g/mol. The van der Waals surface area contributed by atoms with Crippen LogP contribution in [-0.2, 0) is 16.0 Å². The van der Waals surface area contributed by atoms with Gasteiger partial charge in [0.2, 0.25) is 5.91 Å². The number of hydrogen-bond acceptors (Lipinski definition) is 3. The predicted octanol–water partition coefficient (Wildman–Crippen LogP) is 2.37. The lowest BCUT2D eigenvalue weighted by atomic mass is 10.0. The van der Waals surface area contributed by atoms with E-state index in [0.717, 1.165) is 15.8 Å². The van der Waals surface area contributed by atoms with Gasteiger partial charge in [-0.25, -0.2) is 0 Å². The minimum atomic E-state index is -0.865. The molecule has 1 rings (SSSR count). The van der Waals surface area contributed by atoms with E-state index in [1.165, 1.54) is 6.92 Å². The van der Waals surface area contributed by atoms with Gasteiger partial charge in [-0.1, -0.05) is 6.07 Å². The highest BCUT2D eigenvalue weighted by atomic mass is 79.9. The van der Waals surface area contributed by atoms with E-state index in [1.54, 1.807) is 7.11 Å². The lowest BCUT2D eigenvalue weighted by Gasteiger charge is -2.17. The number of hydrogen-bond donors (Lipinski definition) is 2. The van der Waals surface area contributed by atoms with Gasteiger partial charge in [-0.05, 0) is 46.5 Å². The topological polar surface area (TPSA) is 75.6 Å². The van der Waals surface area contributed by atoms with E-state index in [1.807, 2.05) is 18.2 Å². The molecule has 6 heteroatoms. The molecule has 0 aliphatic heterocycles. The van der Waals surface area contributed by atoms with E-state index >= 15 is 0 Å². The number of carbonyl (C=O) groups is 2. The summed E-state index contributed by atoms with van der Waals surface area (Å²) in [6, 6.07) is 5.46. The van der Waals surface area contributed by atoms with Crippen molar-refractivity contribution >= 4 is 27.8 Å². The minimum Gasteiger partial charge on any atom is -0.496 e. The highest BCUT2D eigenvalue weighted by Gasteiger charge is 2.13. The van der Waals surface area contributed by atoms with Gasteiger partial charge in [-0.2, -0.15) is 0 Å². The Morgan fingerprint density at radius 1 is 1.45 bits per heavy atom. The molecule has 20 heavy (non-hydrogen) atoms. The molecule has 0 heterocycles. The minimum absolute atomic E-state index is 0.0300. The third-order valence-electron chi connectivity index (χ3n) is 2.81. The third kappa shape index (κ3) is 5.61. The van der Waals surface area contributed by atoms with Crippen LogP contribution >= 0.6 is 15.9 Å². The maximum atomic E-state index is 11.2. The van der Waals surface area contributed by atoms with Gasteiger partial charge in [0, 0.05) is 19.4 Å². The van der Waals surface area contributed by atoms with Crippen LogP contribution in [0, 0.1) is 0 Å². The zero-order valence-electron chi connectivity index (χ0n) is 11.5. The van der Waals surface area contributed by atoms with E-state index in [0.29, 0.717) is 12.8 Å². The van der Waals surface area contributed by atoms with Crippen molar-refractivity contribution in [1.82, 2.24) is 5.32 Å². The normalized spacial score (nSPS) is 11.8. The van der Waals surface area contributed by atoms with Crippen molar-refractivity contribution in [2.45, 2.75) is 32.2 Å². The summed E-state index contributed by atoms with van der Waals surface area (Å²) in [5, 5.41) is 11.5. The van der Waals surface area contributed by atoms with E-state index in [2.05, 4.69) is 21.2 Å². The van der Waals surface area contributed by atoms with Crippen molar-refractivity contribution in [3.8, 4) is 5.75 Å². The number of benzene rings is 1. The van der Waals surface area contributed by atoms with Gasteiger partial charge in [-0.3, -0.25) is 9.59 Å². The number of ether oxygens (including phenoxy) is 1. The number of carbonyl (C=O) groups excluding carboxylic acids is 1. The molecule has 0 fully saturated rings. The summed E-state index contributed by atoms with van der Waals surface area (Å²) in [7, 11) is 1.59. The third-order valence-corrected chi connectivity index (χ3v) is 3.43. The first-order valence-electron chi connectivity index (χ1n) is 6.23. The van der Waals surface area contributed by atoms with E-state index in [4.69, 9.17) is 9.84 Å². The first-order valence-corrected chi connectivity index (χ1v) is 7.03. The molecule has 0 radical (unpaired) electrons. The predicted molar refractivity (Wildman–Crippen MR) is 78.9 cm³/mol. The van der Waals surface area contributed by atoms with Crippen molar-refractivity contribution in [3.63, 3.8) is 0 Å². The Morgan fingerprint density at radius 2 is 2.15 bits per heavy atom. The number of nitrogens with one attached hydrogen (secondary N) is 1. The van der Waals surface area contributed by atoms with Crippen molar-refractivity contribution in [1.29, 1.82) is 0 Å². The average Bonchev–Trinajstić information content (AvgIpc) is 2.35. The van der Waals surface area contributed by atoms with Crippen LogP contribution in [0.4, 0.5) is 0 Å². The molecular formula is C14H18BrNO4. The molecule has 0 saturated heterocycles. The Balaban J connectivity index is 2.74. The van der Waals surface area contributed by atoms with Gasteiger partial charge in [0.15, 0.2) is 0 Å². The quantitative estimate of drug-likeness (QED) is 0.796. The Kier molecular flexibility index (Phi) is 6.51. The molecule has 1 amide bonds. The fourth-order valence-electron chi connectivity index (χ4n) is 1.93. The number of halogens is 1. The Morgan fingerprint density at radius 3 is 2.65 bits per heavy atom. The SMILES string of the molecule is COc1ccc(CC(CCC(=O)O)NC(C)=O)cc1Br. The van der Waals surface area contributed by atoms with Crippen LogP contribution in [0.25, 0.3) is 0 Å². The number of methoxy groups -OCH3 is 1. The van der Waals surface area contributed by atoms with E-state index < -0.39 is 5.97 Å². The second-order valence-electron chi connectivity index (χ2n) is 4.50. The van der Waals surface area contributed by atoms with Gasteiger partial charge < -0.3 is 15.2 Å². The summed E-state index contributed by atoms with van der Waals surface area (Å²) in [5.41, 5.74) is 1.00. The second kappa shape index (κ2) is 7.89. The number of carboxylic acid groups (broad SMARTS) is 1. The molecule has 0 aliphatic rings. The van der Waals surface area contributed by atoms with Crippen LogP contribution in [0.15, 0.2) is 22.7 Å². The number of amides is 1. The number of carboxylic acids is 1. The molecule has 0 saturated carbocycles. The molecule has 1 unspecified atom stereocenters. The lowest BCUT2D eigenvalue weighted by molar-refractivity contribution is -0.137. The van der Waals surface area contributed by atoms with Crippen LogP contribution < -0.4 is 10.1 Å². The highest BCUT2D eigenvalue weighted by Crippen LogP contribution is 2.26. The van der Waals surface area contributed by atoms with Crippen LogP contribution in [0.5, 0.6) is 5.75 Å². The summed E-state index contributed by atoms with van der Waals surface area (Å²) in [5.74, 6) is -0.292. The number of rotatable bonds is 7. The summed E-state index contributed by atoms with van der Waals surface area (Å²) in [4.78, 5) is 21.8. The average molecular weight is 344 g/mol. The monoisotopic (exact) mass is 343 g/mol. The summed E-state index contributed by atoms with van der Waals surface area (Å²) < 4.78 is 5.98. The fraction of sp³-hybridized carbons (Fsp3) is 0.429. The van der Waals surface area contributed by atoms with Crippen LogP contribution in [0.1, 0.15) is 25.3 Å². The van der Waals surface area contributed by atoms with Crippen LogP contribution in [0.2, 0.25) is 0 Å². The van der Waals surface area contributed by atoms with E-state index in [-0.39, 0.29) is 18.4 Å². The Hall–Kier alpha value is -1.56. The molecule has 5 nitrogen and oxygen atoms in total. The first-order chi connectivity index (χ1) is 9.42. The van der Waals surface area contributed by atoms with Crippen molar-refractivity contribution in [2.75, 3.05) is 7.11 Å². The smallest absolute Gasteiger partial charge is 0.303 e. The zero-order chi connectivity index (χ0) is 15.1. The van der Waals surface area contributed by atoms with Gasteiger partial charge in [-0.15, -0.1) is 0 Å². The van der Waals surface area contributed by atoms with Gasteiger partial charge in [0.1, 0.15) is 5.75 Å². The highest BCUT2D eigenvalue weighted by molar-refractivity contribution is 9.10. The molecule has 2 N–H and O–H groups in total. The standard InChI is InChI=1S/C14H18BrNO4/c1-9(17)16-11(4-6-14(18)19)7-10-3-5-13(20-2)12(15)8-10/h3,5,8,11H,4,6-7H2,1-2H3,(H,16,17)(H,18,19). The maximum absolute atomic E-state index is 11.2. The Bertz CT molecular complexity index is 490. The lowest BCUT2D eigenvalue weighted by Crippen LogP contribution is -2.35.